The Morgan fingerprint density at radius 1 is 0.243 bits per heavy atom. The third-order valence-electron chi connectivity index (χ3n) is 14.2. The predicted molar refractivity (Wildman–Crippen MR) is 288 cm³/mol. The molecule has 0 aliphatic rings. The molecule has 5 aromatic heterocycles. The Hall–Kier alpha value is -9.59. The van der Waals surface area contributed by atoms with Crippen LogP contribution >= 0.6 is 0 Å². The van der Waals surface area contributed by atoms with Gasteiger partial charge in [0.2, 0.25) is 5.95 Å². The van der Waals surface area contributed by atoms with Gasteiger partial charge in [0.15, 0.2) is 11.6 Å². The normalized spacial score (nSPS) is 12.0. The minimum Gasteiger partial charge on any atom is -0.309 e. The van der Waals surface area contributed by atoms with Crippen LogP contribution in [0, 0.1) is 0 Å². The van der Waals surface area contributed by atoms with Gasteiger partial charge in [-0.05, 0) is 72.8 Å². The average Bonchev–Trinajstić information content (AvgIpc) is 4.17. The first-order chi connectivity index (χ1) is 34.8. The van der Waals surface area contributed by atoms with E-state index >= 15 is 0 Å². The van der Waals surface area contributed by atoms with Gasteiger partial charge < -0.3 is 13.7 Å². The van der Waals surface area contributed by atoms with Gasteiger partial charge in [-0.2, -0.15) is 9.97 Å². The van der Waals surface area contributed by atoms with Crippen LogP contribution in [0.3, 0.4) is 0 Å². The van der Waals surface area contributed by atoms with Crippen molar-refractivity contribution >= 4 is 87.2 Å². The van der Waals surface area contributed by atoms with Crippen molar-refractivity contribution in [2.45, 2.75) is 0 Å². The molecule has 10 aromatic carbocycles. The standard InChI is InChI=1S/C63H39N7/c1-4-19-40(20-5-1)61-64-62(51-30-18-29-48-46-27-12-16-33-55(46)68(58(48)51)41-21-6-2-7-22-41)66-63(65-61)70-57-38-35-43(67-53-31-14-10-25-44(53)45-26-11-15-32-54(45)67)39-52(57)50-37-36-49-47-28-13-17-34-56(47)69(59(49)60(50)70)42-23-8-3-9-24-42/h1-39H. The van der Waals surface area contributed by atoms with Gasteiger partial charge in [0.1, 0.15) is 0 Å². The number of hydrogen-bond acceptors (Lipinski definition) is 3. The first-order valence-corrected chi connectivity index (χ1v) is 23.7. The van der Waals surface area contributed by atoms with Crippen LogP contribution in [-0.2, 0) is 0 Å². The van der Waals surface area contributed by atoms with Crippen LogP contribution in [0.1, 0.15) is 0 Å². The highest BCUT2D eigenvalue weighted by Crippen LogP contribution is 2.44. The Kier molecular flexibility index (Phi) is 8.23. The molecule has 326 valence electrons. The minimum absolute atomic E-state index is 0.533. The molecule has 0 N–H and O–H groups in total. The Bertz CT molecular complexity index is 4520. The molecule has 0 saturated carbocycles. The van der Waals surface area contributed by atoms with Crippen molar-refractivity contribution < 1.29 is 0 Å². The summed E-state index contributed by atoms with van der Waals surface area (Å²) in [5, 5.41) is 9.25. The largest absolute Gasteiger partial charge is 0.309 e. The summed E-state index contributed by atoms with van der Waals surface area (Å²) in [5.41, 5.74) is 13.7. The number of para-hydroxylation sites is 7. The monoisotopic (exact) mass is 893 g/mol. The van der Waals surface area contributed by atoms with E-state index in [1.54, 1.807) is 0 Å². The first kappa shape index (κ1) is 38.5. The van der Waals surface area contributed by atoms with E-state index in [2.05, 4.69) is 237 Å². The lowest BCUT2D eigenvalue weighted by Crippen LogP contribution is -2.08. The zero-order chi connectivity index (χ0) is 45.9. The molecule has 0 spiro atoms. The highest BCUT2D eigenvalue weighted by Gasteiger charge is 2.26. The molecule has 0 atom stereocenters. The van der Waals surface area contributed by atoms with E-state index in [1.807, 2.05) is 18.2 Å². The van der Waals surface area contributed by atoms with Crippen LogP contribution in [0.5, 0.6) is 0 Å². The van der Waals surface area contributed by atoms with Crippen molar-refractivity contribution in [3.63, 3.8) is 0 Å². The summed E-state index contributed by atoms with van der Waals surface area (Å²) >= 11 is 0. The van der Waals surface area contributed by atoms with Gasteiger partial charge in [0.25, 0.3) is 0 Å². The van der Waals surface area contributed by atoms with Gasteiger partial charge in [0, 0.05) is 71.3 Å². The van der Waals surface area contributed by atoms with Gasteiger partial charge in [-0.3, -0.25) is 4.57 Å². The number of hydrogen-bond donors (Lipinski definition) is 0. The van der Waals surface area contributed by atoms with Gasteiger partial charge >= 0.3 is 0 Å². The molecule has 0 saturated heterocycles. The highest BCUT2D eigenvalue weighted by atomic mass is 15.2. The predicted octanol–water partition coefficient (Wildman–Crippen LogP) is 15.6. The lowest BCUT2D eigenvalue weighted by Gasteiger charge is -2.14. The van der Waals surface area contributed by atoms with E-state index in [0.29, 0.717) is 17.6 Å². The maximum Gasteiger partial charge on any atom is 0.238 e. The third-order valence-corrected chi connectivity index (χ3v) is 14.2. The molecule has 0 unspecified atom stereocenters. The Morgan fingerprint density at radius 3 is 1.27 bits per heavy atom. The molecule has 5 heterocycles. The summed E-state index contributed by atoms with van der Waals surface area (Å²) < 4.78 is 9.46. The summed E-state index contributed by atoms with van der Waals surface area (Å²) in [4.78, 5) is 16.6. The van der Waals surface area contributed by atoms with E-state index in [9.17, 15) is 0 Å². The Balaban J connectivity index is 1.10. The van der Waals surface area contributed by atoms with Gasteiger partial charge in [0.05, 0.1) is 44.1 Å². The van der Waals surface area contributed by atoms with Crippen LogP contribution in [0.4, 0.5) is 0 Å². The minimum atomic E-state index is 0.533. The smallest absolute Gasteiger partial charge is 0.238 e. The van der Waals surface area contributed by atoms with E-state index in [4.69, 9.17) is 15.0 Å². The van der Waals surface area contributed by atoms with Gasteiger partial charge in [-0.15, -0.1) is 0 Å². The van der Waals surface area contributed by atoms with Crippen LogP contribution in [-0.4, -0.2) is 33.2 Å². The fourth-order valence-electron chi connectivity index (χ4n) is 11.3. The van der Waals surface area contributed by atoms with E-state index < -0.39 is 0 Å². The molecule has 0 aliphatic heterocycles. The second-order valence-corrected chi connectivity index (χ2v) is 18.0. The number of benzene rings is 10. The van der Waals surface area contributed by atoms with Crippen molar-refractivity contribution in [2.24, 2.45) is 0 Å². The lowest BCUT2D eigenvalue weighted by atomic mass is 10.1. The zero-order valence-corrected chi connectivity index (χ0v) is 37.6. The third kappa shape index (κ3) is 5.54. The van der Waals surface area contributed by atoms with Crippen LogP contribution < -0.4 is 0 Å². The van der Waals surface area contributed by atoms with Crippen LogP contribution in [0.2, 0.25) is 0 Å². The molecule has 70 heavy (non-hydrogen) atoms. The van der Waals surface area contributed by atoms with Gasteiger partial charge in [-0.1, -0.05) is 164 Å². The van der Waals surface area contributed by atoms with Crippen molar-refractivity contribution in [1.82, 2.24) is 33.2 Å². The van der Waals surface area contributed by atoms with Crippen molar-refractivity contribution in [3.05, 3.63) is 237 Å². The maximum absolute atomic E-state index is 5.66. The maximum atomic E-state index is 5.66. The lowest BCUT2D eigenvalue weighted by molar-refractivity contribution is 0.953. The first-order valence-electron chi connectivity index (χ1n) is 23.7. The van der Waals surface area contributed by atoms with Crippen LogP contribution in [0.15, 0.2) is 237 Å². The molecule has 0 bridgehead atoms. The fourth-order valence-corrected chi connectivity index (χ4v) is 11.3. The number of aromatic nitrogens is 7. The van der Waals surface area contributed by atoms with Crippen molar-refractivity contribution in [3.8, 4) is 45.8 Å². The average molecular weight is 894 g/mol. The summed E-state index contributed by atoms with van der Waals surface area (Å²) in [6.45, 7) is 0. The Morgan fingerprint density at radius 2 is 0.671 bits per heavy atom. The summed E-state index contributed by atoms with van der Waals surface area (Å²) in [5.74, 6) is 1.71. The SMILES string of the molecule is c1ccc(-c2nc(-c3cccc4c5ccccc5n(-c5ccccc5)c34)nc(-n3c4ccc(-n5c6ccccc6c6ccccc65)cc4c4ccc5c6ccccc6n(-c6ccccc6)c5c43)n2)cc1. The molecule has 0 aliphatic carbocycles. The second kappa shape index (κ2) is 15.0. The fraction of sp³-hybridized carbons (Fsp3) is 0. The Labute approximate surface area is 401 Å². The number of fused-ring (bicyclic) bond motifs is 13. The highest BCUT2D eigenvalue weighted by molar-refractivity contribution is 6.24. The molecule has 0 amide bonds. The second-order valence-electron chi connectivity index (χ2n) is 18.0. The quantitative estimate of drug-likeness (QED) is 0.167. The van der Waals surface area contributed by atoms with E-state index in [0.717, 1.165) is 93.9 Å². The number of nitrogens with zero attached hydrogens (tertiary/aromatic N) is 7. The van der Waals surface area contributed by atoms with Crippen LogP contribution in [0.25, 0.3) is 133 Å². The molecule has 15 rings (SSSR count). The van der Waals surface area contributed by atoms with Gasteiger partial charge in [-0.25, -0.2) is 4.98 Å². The summed E-state index contributed by atoms with van der Waals surface area (Å²) in [7, 11) is 0. The molecule has 7 heteroatoms. The van der Waals surface area contributed by atoms with Crippen molar-refractivity contribution in [1.29, 1.82) is 0 Å². The summed E-state index contributed by atoms with van der Waals surface area (Å²) in [6.07, 6.45) is 0. The molecular formula is C63H39N7. The molecule has 0 radical (unpaired) electrons. The molecule has 15 aromatic rings. The van der Waals surface area contributed by atoms with E-state index in [-0.39, 0.29) is 0 Å². The molecular weight excluding hydrogens is 855 g/mol. The zero-order valence-electron chi connectivity index (χ0n) is 37.6. The summed E-state index contributed by atoms with van der Waals surface area (Å²) in [6, 6.07) is 84.3. The molecule has 0 fully saturated rings. The van der Waals surface area contributed by atoms with Crippen molar-refractivity contribution in [2.75, 3.05) is 0 Å². The van der Waals surface area contributed by atoms with E-state index in [1.165, 1.54) is 21.5 Å². The number of rotatable bonds is 6. The topological polar surface area (TPSA) is 58.4 Å². The molecule has 7 nitrogen and oxygen atoms in total.